The predicted molar refractivity (Wildman–Crippen MR) is 145 cm³/mol. The molecule has 0 spiro atoms. The van der Waals surface area contributed by atoms with E-state index in [1.807, 2.05) is 72.8 Å². The van der Waals surface area contributed by atoms with Crippen molar-refractivity contribution in [3.8, 4) is 28.1 Å². The maximum Gasteiger partial charge on any atom is 0.387 e. The van der Waals surface area contributed by atoms with Gasteiger partial charge in [0, 0.05) is 38.4 Å². The summed E-state index contributed by atoms with van der Waals surface area (Å²) in [5.41, 5.74) is 11.0. The molecule has 0 aliphatic heterocycles. The number of nitrogens with two attached hydrogens (primary N) is 1. The third kappa shape index (κ3) is 4.59. The van der Waals surface area contributed by atoms with Crippen molar-refractivity contribution < 1.29 is 13.5 Å². The first kappa shape index (κ1) is 23.7. The quantitative estimate of drug-likeness (QED) is 0.246. The monoisotopic (exact) mass is 523 g/mol. The van der Waals surface area contributed by atoms with E-state index in [1.54, 1.807) is 6.20 Å². The van der Waals surface area contributed by atoms with E-state index in [0.717, 1.165) is 42.9 Å². The van der Waals surface area contributed by atoms with Gasteiger partial charge in [-0.2, -0.15) is 8.78 Å². The van der Waals surface area contributed by atoms with Crippen LogP contribution in [-0.2, 0) is 0 Å². The fourth-order valence-corrected chi connectivity index (χ4v) is 5.24. The number of ether oxygens (including phenoxy) is 1. The molecule has 0 aliphatic carbocycles. The van der Waals surface area contributed by atoms with Crippen molar-refractivity contribution in [1.29, 1.82) is 0 Å². The Hall–Kier alpha value is -4.63. The third-order valence-corrected chi connectivity index (χ3v) is 7.07. The first-order chi connectivity index (χ1) is 18.6. The zero-order valence-corrected chi connectivity index (χ0v) is 20.6. The molecule has 6 rings (SSSR count). The molecule has 6 nitrogen and oxygen atoms in total. The number of fused-ring (bicyclic) bond motifs is 2. The van der Waals surface area contributed by atoms with Crippen molar-refractivity contribution in [2.24, 2.45) is 0 Å². The third-order valence-electron chi connectivity index (χ3n) is 6.02. The Morgan fingerprint density at radius 1 is 0.816 bits per heavy atom. The highest BCUT2D eigenvalue weighted by Crippen LogP contribution is 2.38. The number of nitrogens with zero attached hydrogens (tertiary/aromatic N) is 4. The number of benzene rings is 3. The minimum absolute atomic E-state index is 0.0261. The van der Waals surface area contributed by atoms with Crippen LogP contribution in [0.4, 0.5) is 14.6 Å². The zero-order chi connectivity index (χ0) is 26.1. The standard InChI is InChI=1S/C29H19F2N5OS/c30-29(31)37-19-15-23-27(34-16-19)24(13-14-33-23)38-20-11-9-17(10-12-20)21-7-4-8-22-25(21)26(35-36-28(22)32)18-5-2-1-3-6-18/h1-16,29H,(H2,32,36). The van der Waals surface area contributed by atoms with E-state index in [9.17, 15) is 8.78 Å². The molecular weight excluding hydrogens is 504 g/mol. The summed E-state index contributed by atoms with van der Waals surface area (Å²) < 4.78 is 29.6. The Bertz CT molecular complexity index is 1770. The number of pyridine rings is 2. The average Bonchev–Trinajstić information content (AvgIpc) is 2.94. The van der Waals surface area contributed by atoms with Crippen LogP contribution in [0.5, 0.6) is 5.75 Å². The molecule has 0 aliphatic rings. The number of anilines is 1. The number of alkyl halides is 2. The molecule has 6 aromatic rings. The van der Waals surface area contributed by atoms with Crippen LogP contribution in [0.25, 0.3) is 44.2 Å². The molecule has 0 amide bonds. The van der Waals surface area contributed by atoms with Gasteiger partial charge in [0.2, 0.25) is 0 Å². The van der Waals surface area contributed by atoms with Crippen LogP contribution in [0.1, 0.15) is 0 Å². The second kappa shape index (κ2) is 10.0. The zero-order valence-electron chi connectivity index (χ0n) is 19.8. The van der Waals surface area contributed by atoms with Crippen LogP contribution in [-0.4, -0.2) is 26.8 Å². The van der Waals surface area contributed by atoms with Gasteiger partial charge in [0.15, 0.2) is 5.82 Å². The molecule has 3 heterocycles. The van der Waals surface area contributed by atoms with Crippen LogP contribution < -0.4 is 10.5 Å². The predicted octanol–water partition coefficient (Wildman–Crippen LogP) is 7.24. The Kier molecular flexibility index (Phi) is 6.27. The van der Waals surface area contributed by atoms with Gasteiger partial charge in [-0.1, -0.05) is 72.4 Å². The molecule has 0 saturated carbocycles. The Morgan fingerprint density at radius 2 is 1.63 bits per heavy atom. The number of nitrogen functional groups attached to an aromatic ring is 1. The topological polar surface area (TPSA) is 86.8 Å². The first-order valence-electron chi connectivity index (χ1n) is 11.6. The number of hydrogen-bond acceptors (Lipinski definition) is 7. The van der Waals surface area contributed by atoms with Gasteiger partial charge in [-0.15, -0.1) is 10.2 Å². The molecule has 0 unspecified atom stereocenters. The maximum absolute atomic E-state index is 12.6. The summed E-state index contributed by atoms with van der Waals surface area (Å²) in [7, 11) is 0. The maximum atomic E-state index is 12.6. The van der Waals surface area contributed by atoms with Gasteiger partial charge in [-0.25, -0.2) is 4.98 Å². The first-order valence-corrected chi connectivity index (χ1v) is 12.5. The van der Waals surface area contributed by atoms with Crippen LogP contribution in [0, 0.1) is 0 Å². The van der Waals surface area contributed by atoms with Crippen molar-refractivity contribution in [1.82, 2.24) is 20.2 Å². The summed E-state index contributed by atoms with van der Waals surface area (Å²) in [6.45, 7) is -2.92. The summed E-state index contributed by atoms with van der Waals surface area (Å²) in [5, 5.41) is 10.4. The average molecular weight is 524 g/mol. The molecule has 0 radical (unpaired) electrons. The van der Waals surface area contributed by atoms with E-state index >= 15 is 0 Å². The van der Waals surface area contributed by atoms with E-state index in [0.29, 0.717) is 16.9 Å². The van der Waals surface area contributed by atoms with Gasteiger partial charge in [-0.3, -0.25) is 4.98 Å². The highest BCUT2D eigenvalue weighted by atomic mass is 32.2. The summed E-state index contributed by atoms with van der Waals surface area (Å²) in [6, 6.07) is 27.4. The lowest BCUT2D eigenvalue weighted by molar-refractivity contribution is -0.0499. The van der Waals surface area contributed by atoms with E-state index < -0.39 is 6.61 Å². The molecule has 3 aromatic heterocycles. The van der Waals surface area contributed by atoms with Crippen molar-refractivity contribution >= 4 is 39.4 Å². The van der Waals surface area contributed by atoms with Gasteiger partial charge >= 0.3 is 6.61 Å². The van der Waals surface area contributed by atoms with E-state index in [2.05, 4.69) is 31.0 Å². The molecule has 0 saturated heterocycles. The van der Waals surface area contributed by atoms with Gasteiger partial charge in [0.25, 0.3) is 0 Å². The summed E-state index contributed by atoms with van der Waals surface area (Å²) >= 11 is 1.51. The van der Waals surface area contributed by atoms with E-state index in [-0.39, 0.29) is 5.75 Å². The minimum Gasteiger partial charge on any atom is -0.433 e. The highest BCUT2D eigenvalue weighted by molar-refractivity contribution is 7.99. The summed E-state index contributed by atoms with van der Waals surface area (Å²) in [4.78, 5) is 10.4. The number of hydrogen-bond donors (Lipinski definition) is 1. The van der Waals surface area contributed by atoms with E-state index in [4.69, 9.17) is 5.73 Å². The minimum atomic E-state index is -2.92. The fourth-order valence-electron chi connectivity index (χ4n) is 4.33. The molecule has 38 heavy (non-hydrogen) atoms. The van der Waals surface area contributed by atoms with Crippen molar-refractivity contribution in [2.75, 3.05) is 5.73 Å². The van der Waals surface area contributed by atoms with Crippen molar-refractivity contribution in [2.45, 2.75) is 16.4 Å². The lowest BCUT2D eigenvalue weighted by atomic mass is 9.95. The van der Waals surface area contributed by atoms with Gasteiger partial charge in [0.05, 0.1) is 11.7 Å². The Labute approximate surface area is 220 Å². The molecule has 2 N–H and O–H groups in total. The molecular formula is C29H19F2N5OS. The highest BCUT2D eigenvalue weighted by Gasteiger charge is 2.15. The van der Waals surface area contributed by atoms with Crippen LogP contribution in [0.15, 0.2) is 107 Å². The fraction of sp³-hybridized carbons (Fsp3) is 0.0345. The van der Waals surface area contributed by atoms with Gasteiger partial charge in [-0.05, 0) is 29.3 Å². The largest absolute Gasteiger partial charge is 0.433 e. The van der Waals surface area contributed by atoms with Crippen LogP contribution >= 0.6 is 11.8 Å². The molecule has 186 valence electrons. The Balaban J connectivity index is 1.36. The summed E-state index contributed by atoms with van der Waals surface area (Å²) in [6.07, 6.45) is 2.91. The second-order valence-corrected chi connectivity index (χ2v) is 9.50. The molecule has 0 bridgehead atoms. The van der Waals surface area contributed by atoms with Gasteiger partial charge < -0.3 is 10.5 Å². The number of halogens is 2. The Morgan fingerprint density at radius 3 is 2.42 bits per heavy atom. The SMILES string of the molecule is Nc1nnc(-c2ccccc2)c2c(-c3ccc(Sc4ccnc5cc(OC(F)F)cnc45)cc3)cccc12. The molecule has 3 aromatic carbocycles. The number of aromatic nitrogens is 4. The lowest BCUT2D eigenvalue weighted by Gasteiger charge is -2.13. The molecule has 0 fully saturated rings. The smallest absolute Gasteiger partial charge is 0.387 e. The van der Waals surface area contributed by atoms with Crippen molar-refractivity contribution in [3.63, 3.8) is 0 Å². The lowest BCUT2D eigenvalue weighted by Crippen LogP contribution is -2.02. The summed E-state index contributed by atoms with van der Waals surface area (Å²) in [5.74, 6) is 0.356. The normalized spacial score (nSPS) is 11.3. The van der Waals surface area contributed by atoms with Crippen LogP contribution in [0.3, 0.4) is 0 Å². The molecule has 9 heteroatoms. The van der Waals surface area contributed by atoms with Crippen LogP contribution in [0.2, 0.25) is 0 Å². The second-order valence-electron chi connectivity index (χ2n) is 8.38. The van der Waals surface area contributed by atoms with E-state index in [1.165, 1.54) is 24.0 Å². The number of rotatable bonds is 6. The van der Waals surface area contributed by atoms with Crippen molar-refractivity contribution in [3.05, 3.63) is 97.3 Å². The van der Waals surface area contributed by atoms with Gasteiger partial charge in [0.1, 0.15) is 17.0 Å². The molecule has 0 atom stereocenters.